The predicted octanol–water partition coefficient (Wildman–Crippen LogP) is 1.81. The Morgan fingerprint density at radius 1 is 1.32 bits per heavy atom. The van der Waals surface area contributed by atoms with Gasteiger partial charge in [0.25, 0.3) is 6.01 Å². The highest BCUT2D eigenvalue weighted by atomic mass is 16.5. The Labute approximate surface area is 111 Å². The van der Waals surface area contributed by atoms with Crippen LogP contribution < -0.4 is 4.90 Å². The summed E-state index contributed by atoms with van der Waals surface area (Å²) in [5, 5.41) is 8.75. The Balaban J connectivity index is 1.64. The van der Waals surface area contributed by atoms with E-state index in [1.807, 2.05) is 24.3 Å². The van der Waals surface area contributed by atoms with Gasteiger partial charge < -0.3 is 19.2 Å². The zero-order valence-electron chi connectivity index (χ0n) is 10.8. The Morgan fingerprint density at radius 2 is 2.11 bits per heavy atom. The fourth-order valence-corrected chi connectivity index (χ4v) is 2.43. The lowest BCUT2D eigenvalue weighted by Crippen LogP contribution is -2.37. The van der Waals surface area contributed by atoms with E-state index in [1.54, 1.807) is 0 Å². The van der Waals surface area contributed by atoms with E-state index in [-0.39, 0.29) is 12.7 Å². The van der Waals surface area contributed by atoms with Crippen LogP contribution in [0.25, 0.3) is 11.1 Å². The fourth-order valence-electron chi connectivity index (χ4n) is 2.43. The molecule has 1 saturated heterocycles. The van der Waals surface area contributed by atoms with Crippen LogP contribution >= 0.6 is 0 Å². The molecule has 102 valence electrons. The summed E-state index contributed by atoms with van der Waals surface area (Å²) >= 11 is 0. The van der Waals surface area contributed by atoms with Crippen molar-refractivity contribution >= 4 is 17.1 Å². The number of oxazole rings is 1. The number of fused-ring (bicyclic) bond motifs is 1. The van der Waals surface area contributed by atoms with Crippen molar-refractivity contribution in [3.05, 3.63) is 24.3 Å². The molecule has 0 aliphatic carbocycles. The van der Waals surface area contributed by atoms with Crippen molar-refractivity contribution in [3.8, 4) is 0 Å². The first-order valence-corrected chi connectivity index (χ1v) is 6.70. The van der Waals surface area contributed by atoms with Gasteiger partial charge in [0.2, 0.25) is 0 Å². The minimum atomic E-state index is 0.0886. The average Bonchev–Trinajstić information content (AvgIpc) is 2.89. The van der Waals surface area contributed by atoms with Gasteiger partial charge in [-0.3, -0.25) is 0 Å². The number of para-hydroxylation sites is 2. The third-order valence-electron chi connectivity index (χ3n) is 3.44. The van der Waals surface area contributed by atoms with E-state index in [9.17, 15) is 0 Å². The van der Waals surface area contributed by atoms with Crippen molar-refractivity contribution in [2.75, 3.05) is 31.2 Å². The molecule has 1 aromatic carbocycles. The molecular weight excluding hydrogens is 244 g/mol. The Bertz CT molecular complexity index is 499. The highest BCUT2D eigenvalue weighted by Gasteiger charge is 2.22. The number of anilines is 1. The molecule has 0 unspecified atom stereocenters. The van der Waals surface area contributed by atoms with Crippen molar-refractivity contribution in [2.45, 2.75) is 18.9 Å². The first-order valence-electron chi connectivity index (χ1n) is 6.70. The molecule has 5 heteroatoms. The minimum absolute atomic E-state index is 0.0886. The van der Waals surface area contributed by atoms with Crippen LogP contribution in [0.15, 0.2) is 28.7 Å². The summed E-state index contributed by atoms with van der Waals surface area (Å²) in [5.41, 5.74) is 1.73. The van der Waals surface area contributed by atoms with E-state index in [4.69, 9.17) is 14.3 Å². The molecule has 2 aromatic rings. The molecule has 1 fully saturated rings. The summed E-state index contributed by atoms with van der Waals surface area (Å²) in [5.74, 6) is 0. The van der Waals surface area contributed by atoms with Crippen LogP contribution in [-0.2, 0) is 4.74 Å². The number of aliphatic hydroxyl groups excluding tert-OH is 1. The average molecular weight is 262 g/mol. The van der Waals surface area contributed by atoms with Crippen LogP contribution in [0.4, 0.5) is 6.01 Å². The van der Waals surface area contributed by atoms with Gasteiger partial charge in [0.1, 0.15) is 5.52 Å². The second kappa shape index (κ2) is 5.59. The SMILES string of the molecule is OCCOC1CCN(c2nc3ccccc3o2)CC1. The molecule has 3 rings (SSSR count). The highest BCUT2D eigenvalue weighted by molar-refractivity contribution is 5.74. The van der Waals surface area contributed by atoms with Gasteiger partial charge >= 0.3 is 0 Å². The zero-order chi connectivity index (χ0) is 13.1. The number of ether oxygens (including phenoxy) is 1. The number of nitrogens with zero attached hydrogens (tertiary/aromatic N) is 2. The topological polar surface area (TPSA) is 58.7 Å². The van der Waals surface area contributed by atoms with Gasteiger partial charge in [-0.1, -0.05) is 12.1 Å². The van der Waals surface area contributed by atoms with Crippen LogP contribution in [0.3, 0.4) is 0 Å². The summed E-state index contributed by atoms with van der Waals surface area (Å²) in [7, 11) is 0. The third kappa shape index (κ3) is 2.72. The molecule has 0 radical (unpaired) electrons. The van der Waals surface area contributed by atoms with Crippen LogP contribution in [0, 0.1) is 0 Å². The van der Waals surface area contributed by atoms with Gasteiger partial charge in [-0.25, -0.2) is 0 Å². The molecule has 0 amide bonds. The van der Waals surface area contributed by atoms with E-state index >= 15 is 0 Å². The number of aliphatic hydroxyl groups is 1. The molecule has 1 aromatic heterocycles. The van der Waals surface area contributed by atoms with Crippen LogP contribution in [-0.4, -0.2) is 42.5 Å². The van der Waals surface area contributed by atoms with Gasteiger partial charge in [-0.05, 0) is 25.0 Å². The Morgan fingerprint density at radius 3 is 2.84 bits per heavy atom. The summed E-state index contributed by atoms with van der Waals surface area (Å²) in [6, 6.07) is 8.50. The molecule has 1 aliphatic rings. The van der Waals surface area contributed by atoms with Gasteiger partial charge in [-0.2, -0.15) is 4.98 Å². The molecule has 19 heavy (non-hydrogen) atoms. The van der Waals surface area contributed by atoms with Crippen molar-refractivity contribution < 1.29 is 14.3 Å². The number of aromatic nitrogens is 1. The lowest BCUT2D eigenvalue weighted by molar-refractivity contribution is 0.0155. The summed E-state index contributed by atoms with van der Waals surface area (Å²) in [6.45, 7) is 2.27. The fraction of sp³-hybridized carbons (Fsp3) is 0.500. The van der Waals surface area contributed by atoms with Crippen molar-refractivity contribution in [1.82, 2.24) is 4.98 Å². The first-order chi connectivity index (χ1) is 9.36. The van der Waals surface area contributed by atoms with Crippen molar-refractivity contribution in [1.29, 1.82) is 0 Å². The van der Waals surface area contributed by atoms with E-state index in [1.165, 1.54) is 0 Å². The second-order valence-electron chi connectivity index (χ2n) is 4.74. The maximum Gasteiger partial charge on any atom is 0.298 e. The van der Waals surface area contributed by atoms with E-state index in [0.29, 0.717) is 12.6 Å². The first kappa shape index (κ1) is 12.4. The van der Waals surface area contributed by atoms with Crippen molar-refractivity contribution in [3.63, 3.8) is 0 Å². The number of hydrogen-bond acceptors (Lipinski definition) is 5. The Hall–Kier alpha value is -1.59. The van der Waals surface area contributed by atoms with Crippen LogP contribution in [0.2, 0.25) is 0 Å². The van der Waals surface area contributed by atoms with E-state index < -0.39 is 0 Å². The zero-order valence-corrected chi connectivity index (χ0v) is 10.8. The number of piperidine rings is 1. The largest absolute Gasteiger partial charge is 0.423 e. The summed E-state index contributed by atoms with van der Waals surface area (Å²) < 4.78 is 11.3. The molecule has 0 saturated carbocycles. The van der Waals surface area contributed by atoms with Gasteiger partial charge in [0.05, 0.1) is 19.3 Å². The minimum Gasteiger partial charge on any atom is -0.423 e. The molecule has 5 nitrogen and oxygen atoms in total. The highest BCUT2D eigenvalue weighted by Crippen LogP contribution is 2.24. The summed E-state index contributed by atoms with van der Waals surface area (Å²) in [6.07, 6.45) is 2.13. The maximum absolute atomic E-state index is 8.75. The number of hydrogen-bond donors (Lipinski definition) is 1. The maximum atomic E-state index is 8.75. The monoisotopic (exact) mass is 262 g/mol. The van der Waals surface area contributed by atoms with E-state index in [2.05, 4.69) is 9.88 Å². The molecular formula is C14H18N2O3. The van der Waals surface area contributed by atoms with Crippen molar-refractivity contribution in [2.24, 2.45) is 0 Å². The molecule has 1 aliphatic heterocycles. The second-order valence-corrected chi connectivity index (χ2v) is 4.74. The number of rotatable bonds is 4. The summed E-state index contributed by atoms with van der Waals surface area (Å²) in [4.78, 5) is 6.65. The number of benzene rings is 1. The van der Waals surface area contributed by atoms with Gasteiger partial charge in [0, 0.05) is 13.1 Å². The van der Waals surface area contributed by atoms with E-state index in [0.717, 1.165) is 37.0 Å². The Kier molecular flexibility index (Phi) is 3.66. The molecule has 0 bridgehead atoms. The molecule has 2 heterocycles. The smallest absolute Gasteiger partial charge is 0.298 e. The standard InChI is InChI=1S/C14H18N2O3/c17-9-10-18-11-5-7-16(8-6-11)14-15-12-3-1-2-4-13(12)19-14/h1-4,11,17H,5-10H2. The van der Waals surface area contributed by atoms with Gasteiger partial charge in [-0.15, -0.1) is 0 Å². The molecule has 0 atom stereocenters. The third-order valence-corrected chi connectivity index (χ3v) is 3.44. The van der Waals surface area contributed by atoms with Crippen LogP contribution in [0.5, 0.6) is 0 Å². The normalized spacial score (nSPS) is 17.2. The lowest BCUT2D eigenvalue weighted by Gasteiger charge is -2.30. The van der Waals surface area contributed by atoms with Gasteiger partial charge in [0.15, 0.2) is 5.58 Å². The molecule has 0 spiro atoms. The molecule has 1 N–H and O–H groups in total. The predicted molar refractivity (Wildman–Crippen MR) is 72.3 cm³/mol. The van der Waals surface area contributed by atoms with Crippen LogP contribution in [0.1, 0.15) is 12.8 Å². The lowest BCUT2D eigenvalue weighted by atomic mass is 10.1. The quantitative estimate of drug-likeness (QED) is 0.910.